The maximum absolute atomic E-state index is 13.9. The Kier molecular flexibility index (Phi) is 4.09. The van der Waals surface area contributed by atoms with Crippen LogP contribution in [-0.4, -0.2) is 11.1 Å². The van der Waals surface area contributed by atoms with E-state index in [0.29, 0.717) is 34.6 Å². The van der Waals surface area contributed by atoms with Crippen LogP contribution in [0, 0.1) is 5.82 Å². The van der Waals surface area contributed by atoms with E-state index in [4.69, 9.17) is 13.7 Å². The second-order valence-corrected chi connectivity index (χ2v) is 6.59. The van der Waals surface area contributed by atoms with Crippen molar-refractivity contribution in [2.75, 3.05) is 0 Å². The Bertz CT molecular complexity index is 1320. The lowest BCUT2D eigenvalue weighted by Gasteiger charge is -2.02. The third-order valence-corrected chi connectivity index (χ3v) is 4.67. The van der Waals surface area contributed by atoms with Crippen molar-refractivity contribution in [3.05, 3.63) is 95.6 Å². The molecule has 0 N–H and O–H groups in total. The van der Waals surface area contributed by atoms with Gasteiger partial charge < -0.3 is 13.7 Å². The first-order chi connectivity index (χ1) is 14.2. The second kappa shape index (κ2) is 6.91. The molecule has 0 saturated carbocycles. The summed E-state index contributed by atoms with van der Waals surface area (Å²) in [6.07, 6.45) is 0.303. The summed E-state index contributed by atoms with van der Waals surface area (Å²) in [4.78, 5) is 12.4. The van der Waals surface area contributed by atoms with Gasteiger partial charge in [-0.05, 0) is 35.9 Å². The zero-order valence-electron chi connectivity index (χ0n) is 15.1. The van der Waals surface area contributed by atoms with Crippen LogP contribution < -0.4 is 4.74 Å². The number of ether oxygens (including phenoxy) is 1. The quantitative estimate of drug-likeness (QED) is 0.300. The standard InChI is InChI=1S/C23H14FNO4/c24-18-7-3-1-5-14(18)11-19-17-10-9-16(13-21(17)29-25-19)27-23(26)22-12-15-6-2-4-8-20(15)28-22/h1-10,12-13H,11H2. The highest BCUT2D eigenvalue weighted by Gasteiger charge is 2.17. The molecule has 5 aromatic rings. The van der Waals surface area contributed by atoms with E-state index in [0.717, 1.165) is 10.8 Å². The smallest absolute Gasteiger partial charge is 0.379 e. The number of hydrogen-bond donors (Lipinski definition) is 0. The van der Waals surface area contributed by atoms with E-state index < -0.39 is 5.97 Å². The molecular weight excluding hydrogens is 373 g/mol. The first-order valence-corrected chi connectivity index (χ1v) is 9.00. The molecule has 3 aromatic carbocycles. The molecule has 142 valence electrons. The minimum absolute atomic E-state index is 0.115. The van der Waals surface area contributed by atoms with Crippen molar-refractivity contribution in [3.63, 3.8) is 0 Å². The van der Waals surface area contributed by atoms with Gasteiger partial charge in [-0.1, -0.05) is 41.6 Å². The number of furan rings is 1. The average molecular weight is 387 g/mol. The molecule has 29 heavy (non-hydrogen) atoms. The van der Waals surface area contributed by atoms with E-state index >= 15 is 0 Å². The fourth-order valence-electron chi connectivity index (χ4n) is 3.22. The van der Waals surface area contributed by atoms with E-state index in [9.17, 15) is 9.18 Å². The molecule has 0 bridgehead atoms. The van der Waals surface area contributed by atoms with Gasteiger partial charge in [0.2, 0.25) is 5.76 Å². The number of esters is 1. The normalized spacial score (nSPS) is 11.2. The highest BCUT2D eigenvalue weighted by Crippen LogP contribution is 2.27. The van der Waals surface area contributed by atoms with Crippen LogP contribution in [0.25, 0.3) is 21.9 Å². The minimum Gasteiger partial charge on any atom is -0.449 e. The van der Waals surface area contributed by atoms with Crippen molar-refractivity contribution in [1.29, 1.82) is 0 Å². The van der Waals surface area contributed by atoms with Crippen LogP contribution in [0.3, 0.4) is 0 Å². The topological polar surface area (TPSA) is 65.5 Å². The molecule has 0 fully saturated rings. The first-order valence-electron chi connectivity index (χ1n) is 9.00. The Labute approximate surface area is 164 Å². The van der Waals surface area contributed by atoms with Crippen LogP contribution in [0.4, 0.5) is 4.39 Å². The summed E-state index contributed by atoms with van der Waals surface area (Å²) < 4.78 is 30.2. The van der Waals surface area contributed by atoms with Crippen molar-refractivity contribution in [2.45, 2.75) is 6.42 Å². The summed E-state index contributed by atoms with van der Waals surface area (Å²) in [6, 6.07) is 20.5. The molecule has 0 aliphatic rings. The fourth-order valence-corrected chi connectivity index (χ4v) is 3.22. The number of rotatable bonds is 4. The number of carbonyl (C=O) groups excluding carboxylic acids is 1. The van der Waals surface area contributed by atoms with E-state index in [2.05, 4.69) is 5.16 Å². The van der Waals surface area contributed by atoms with Gasteiger partial charge in [0.15, 0.2) is 5.58 Å². The fraction of sp³-hybridized carbons (Fsp3) is 0.0435. The van der Waals surface area contributed by atoms with Gasteiger partial charge >= 0.3 is 5.97 Å². The van der Waals surface area contributed by atoms with Crippen molar-refractivity contribution < 1.29 is 22.9 Å². The molecule has 0 aliphatic carbocycles. The molecule has 0 atom stereocenters. The van der Waals surface area contributed by atoms with Gasteiger partial charge in [0, 0.05) is 23.3 Å². The van der Waals surface area contributed by atoms with Gasteiger partial charge in [-0.25, -0.2) is 9.18 Å². The minimum atomic E-state index is -0.605. The number of fused-ring (bicyclic) bond motifs is 2. The zero-order valence-corrected chi connectivity index (χ0v) is 15.1. The number of halogens is 1. The maximum atomic E-state index is 13.9. The summed E-state index contributed by atoms with van der Waals surface area (Å²) in [5.74, 6) is -0.479. The summed E-state index contributed by atoms with van der Waals surface area (Å²) in [5, 5.41) is 5.59. The zero-order chi connectivity index (χ0) is 19.8. The number of benzene rings is 3. The number of carbonyl (C=O) groups is 1. The van der Waals surface area contributed by atoms with E-state index in [1.54, 1.807) is 48.5 Å². The molecule has 2 heterocycles. The molecule has 2 aromatic heterocycles. The van der Waals surface area contributed by atoms with Gasteiger partial charge in [-0.3, -0.25) is 0 Å². The van der Waals surface area contributed by atoms with Crippen molar-refractivity contribution in [2.24, 2.45) is 0 Å². The SMILES string of the molecule is O=C(Oc1ccc2c(Cc3ccccc3F)noc2c1)c1cc2ccccc2o1. The summed E-state index contributed by atoms with van der Waals surface area (Å²) >= 11 is 0. The highest BCUT2D eigenvalue weighted by atomic mass is 19.1. The van der Waals surface area contributed by atoms with E-state index in [1.807, 2.05) is 18.2 Å². The Hall–Kier alpha value is -3.93. The lowest BCUT2D eigenvalue weighted by Crippen LogP contribution is -2.06. The van der Waals surface area contributed by atoms with E-state index in [1.165, 1.54) is 6.07 Å². The largest absolute Gasteiger partial charge is 0.449 e. The number of nitrogens with zero attached hydrogens (tertiary/aromatic N) is 1. The van der Waals surface area contributed by atoms with Gasteiger partial charge in [0.05, 0.1) is 5.69 Å². The molecule has 0 aliphatic heterocycles. The summed E-state index contributed by atoms with van der Waals surface area (Å²) in [7, 11) is 0. The van der Waals surface area contributed by atoms with Crippen LogP contribution in [0.15, 0.2) is 81.7 Å². The third-order valence-electron chi connectivity index (χ3n) is 4.67. The molecule has 6 heteroatoms. The monoisotopic (exact) mass is 387 g/mol. The van der Waals surface area contributed by atoms with Gasteiger partial charge in [-0.2, -0.15) is 0 Å². The van der Waals surface area contributed by atoms with Gasteiger partial charge in [-0.15, -0.1) is 0 Å². The van der Waals surface area contributed by atoms with Gasteiger partial charge in [0.25, 0.3) is 0 Å². The highest BCUT2D eigenvalue weighted by molar-refractivity contribution is 5.94. The summed E-state index contributed by atoms with van der Waals surface area (Å²) in [5.41, 5.74) is 2.21. The lowest BCUT2D eigenvalue weighted by atomic mass is 10.1. The van der Waals surface area contributed by atoms with E-state index in [-0.39, 0.29) is 11.6 Å². The van der Waals surface area contributed by atoms with Crippen molar-refractivity contribution in [3.8, 4) is 5.75 Å². The van der Waals surface area contributed by atoms with Crippen LogP contribution in [-0.2, 0) is 6.42 Å². The van der Waals surface area contributed by atoms with Crippen LogP contribution in [0.5, 0.6) is 5.75 Å². The second-order valence-electron chi connectivity index (χ2n) is 6.59. The predicted octanol–water partition coefficient (Wildman–Crippen LogP) is 5.52. The number of hydrogen-bond acceptors (Lipinski definition) is 5. The Morgan fingerprint density at radius 1 is 0.966 bits per heavy atom. The van der Waals surface area contributed by atoms with Crippen LogP contribution >= 0.6 is 0 Å². The molecular formula is C23H14FNO4. The van der Waals surface area contributed by atoms with Gasteiger partial charge in [0.1, 0.15) is 17.1 Å². The summed E-state index contributed by atoms with van der Waals surface area (Å²) in [6.45, 7) is 0. The van der Waals surface area contributed by atoms with Crippen LogP contribution in [0.2, 0.25) is 0 Å². The molecule has 0 saturated heterocycles. The molecule has 0 unspecified atom stereocenters. The number of aromatic nitrogens is 1. The van der Waals surface area contributed by atoms with Crippen molar-refractivity contribution >= 4 is 27.9 Å². The molecule has 0 spiro atoms. The van der Waals surface area contributed by atoms with Crippen LogP contribution in [0.1, 0.15) is 21.8 Å². The Morgan fingerprint density at radius 2 is 1.79 bits per heavy atom. The molecule has 5 rings (SSSR count). The Balaban J connectivity index is 1.39. The molecule has 5 nitrogen and oxygen atoms in total. The Morgan fingerprint density at radius 3 is 2.66 bits per heavy atom. The lowest BCUT2D eigenvalue weighted by molar-refractivity contribution is 0.0704. The number of para-hydroxylation sites is 1. The first kappa shape index (κ1) is 17.2. The third kappa shape index (κ3) is 3.25. The van der Waals surface area contributed by atoms with Crippen molar-refractivity contribution in [1.82, 2.24) is 5.16 Å². The predicted molar refractivity (Wildman–Crippen MR) is 104 cm³/mol. The molecule has 0 radical (unpaired) electrons. The average Bonchev–Trinajstić information content (AvgIpc) is 3.34. The molecule has 0 amide bonds. The maximum Gasteiger partial charge on any atom is 0.379 e.